The summed E-state index contributed by atoms with van der Waals surface area (Å²) < 4.78 is 33.0. The molecule has 2 aromatic rings. The van der Waals surface area contributed by atoms with Gasteiger partial charge in [0.2, 0.25) is 0 Å². The molecule has 2 aromatic carbocycles. The van der Waals surface area contributed by atoms with Gasteiger partial charge in [0.1, 0.15) is 28.8 Å². The first kappa shape index (κ1) is 22.4. The van der Waals surface area contributed by atoms with Crippen LogP contribution in [0.5, 0.6) is 5.75 Å². The summed E-state index contributed by atoms with van der Waals surface area (Å²) in [6, 6.07) is 8.49. The van der Waals surface area contributed by atoms with Gasteiger partial charge >= 0.3 is 0 Å². The van der Waals surface area contributed by atoms with Crippen LogP contribution < -0.4 is 15.8 Å². The summed E-state index contributed by atoms with van der Waals surface area (Å²) in [5.74, 6) is -2.28. The van der Waals surface area contributed by atoms with E-state index in [-0.39, 0.29) is 5.84 Å². The molecule has 154 valence electrons. The molecule has 0 saturated heterocycles. The lowest BCUT2D eigenvalue weighted by Crippen LogP contribution is -2.15. The van der Waals surface area contributed by atoms with Crippen LogP contribution in [-0.4, -0.2) is 18.3 Å². The number of carbonyl (C=O) groups is 1. The predicted octanol–water partition coefficient (Wildman–Crippen LogP) is 4.45. The SMILES string of the molecule is CC(C)COc1cccc(Cl)c1CN/C=C\C(N)=NC(=O)c1c(F)cccc1F. The highest BCUT2D eigenvalue weighted by molar-refractivity contribution is 6.31. The highest BCUT2D eigenvalue weighted by Gasteiger charge is 2.16. The van der Waals surface area contributed by atoms with E-state index in [4.69, 9.17) is 22.1 Å². The van der Waals surface area contributed by atoms with Crippen molar-refractivity contribution in [2.45, 2.75) is 20.4 Å². The number of amidine groups is 1. The van der Waals surface area contributed by atoms with Crippen LogP contribution >= 0.6 is 11.6 Å². The van der Waals surface area contributed by atoms with Crippen LogP contribution in [0, 0.1) is 17.6 Å². The van der Waals surface area contributed by atoms with E-state index >= 15 is 0 Å². The molecule has 2 rings (SSSR count). The second-order valence-electron chi connectivity index (χ2n) is 6.57. The van der Waals surface area contributed by atoms with Gasteiger partial charge in [-0.05, 0) is 36.3 Å². The fourth-order valence-corrected chi connectivity index (χ4v) is 2.55. The molecule has 0 spiro atoms. The predicted molar refractivity (Wildman–Crippen MR) is 110 cm³/mol. The van der Waals surface area contributed by atoms with E-state index in [0.717, 1.165) is 23.8 Å². The molecule has 0 aliphatic heterocycles. The molecule has 3 N–H and O–H groups in total. The van der Waals surface area contributed by atoms with Crippen LogP contribution in [0.3, 0.4) is 0 Å². The molecule has 0 fully saturated rings. The smallest absolute Gasteiger partial charge is 0.284 e. The van der Waals surface area contributed by atoms with E-state index in [9.17, 15) is 13.6 Å². The fourth-order valence-electron chi connectivity index (χ4n) is 2.32. The van der Waals surface area contributed by atoms with Gasteiger partial charge in [0.25, 0.3) is 5.91 Å². The van der Waals surface area contributed by atoms with E-state index in [1.165, 1.54) is 12.3 Å². The quantitative estimate of drug-likeness (QED) is 0.487. The Hall–Kier alpha value is -2.93. The molecule has 0 unspecified atom stereocenters. The summed E-state index contributed by atoms with van der Waals surface area (Å²) in [5, 5.41) is 3.51. The number of aliphatic imine (C=N–C) groups is 1. The Morgan fingerprint density at radius 2 is 1.90 bits per heavy atom. The van der Waals surface area contributed by atoms with Crippen molar-refractivity contribution in [3.05, 3.63) is 76.5 Å². The number of benzene rings is 2. The van der Waals surface area contributed by atoms with Crippen molar-refractivity contribution < 1.29 is 18.3 Å². The number of carbonyl (C=O) groups excluding carboxylic acids is 1. The third kappa shape index (κ3) is 6.57. The van der Waals surface area contributed by atoms with Gasteiger partial charge in [0.05, 0.1) is 6.61 Å². The number of nitrogens with one attached hydrogen (secondary N) is 1. The number of nitrogens with zero attached hydrogens (tertiary/aromatic N) is 1. The zero-order chi connectivity index (χ0) is 21.4. The zero-order valence-electron chi connectivity index (χ0n) is 16.1. The minimum Gasteiger partial charge on any atom is -0.493 e. The summed E-state index contributed by atoms with van der Waals surface area (Å²) in [5.41, 5.74) is 5.65. The van der Waals surface area contributed by atoms with Gasteiger partial charge in [-0.25, -0.2) is 8.78 Å². The maximum atomic E-state index is 13.6. The molecule has 0 aliphatic rings. The summed E-state index contributed by atoms with van der Waals surface area (Å²) in [6.45, 7) is 4.98. The molecule has 0 aromatic heterocycles. The lowest BCUT2D eigenvalue weighted by molar-refractivity contribution is 0.0995. The first-order chi connectivity index (χ1) is 13.8. The molecule has 0 atom stereocenters. The normalized spacial score (nSPS) is 11.9. The van der Waals surface area contributed by atoms with E-state index in [1.54, 1.807) is 12.1 Å². The van der Waals surface area contributed by atoms with Crippen molar-refractivity contribution in [3.63, 3.8) is 0 Å². The Bertz CT molecular complexity index is 910. The second kappa shape index (κ2) is 10.6. The van der Waals surface area contributed by atoms with Crippen molar-refractivity contribution in [2.24, 2.45) is 16.6 Å². The number of halogens is 3. The average Bonchev–Trinajstić information content (AvgIpc) is 2.64. The molecule has 29 heavy (non-hydrogen) atoms. The third-order valence-corrected chi connectivity index (χ3v) is 4.06. The number of nitrogens with two attached hydrogens (primary N) is 1. The standard InChI is InChI=1S/C21H22ClF2N3O2/c1-13(2)12-29-18-8-3-5-15(22)14(18)11-26-10-9-19(25)27-21(28)20-16(23)6-4-7-17(20)24/h3-10,13,26H,11-12H2,1-2H3,(H2,25,27,28)/b10-9-. The zero-order valence-corrected chi connectivity index (χ0v) is 16.8. The Labute approximate surface area is 173 Å². The number of amides is 1. The van der Waals surface area contributed by atoms with Crippen molar-refractivity contribution in [2.75, 3.05) is 6.61 Å². The number of ether oxygens (including phenoxy) is 1. The van der Waals surface area contributed by atoms with Gasteiger partial charge in [-0.15, -0.1) is 0 Å². The van der Waals surface area contributed by atoms with Crippen molar-refractivity contribution >= 4 is 23.3 Å². The Kier molecular flexibility index (Phi) is 8.15. The van der Waals surface area contributed by atoms with E-state index in [1.807, 2.05) is 19.9 Å². The lowest BCUT2D eigenvalue weighted by atomic mass is 10.2. The Morgan fingerprint density at radius 1 is 1.24 bits per heavy atom. The molecule has 5 nitrogen and oxygen atoms in total. The maximum absolute atomic E-state index is 13.6. The van der Waals surface area contributed by atoms with Crippen LogP contribution in [0.15, 0.2) is 53.7 Å². The molecular formula is C21H22ClF2N3O2. The van der Waals surface area contributed by atoms with Gasteiger partial charge in [0, 0.05) is 23.3 Å². The largest absolute Gasteiger partial charge is 0.493 e. The average molecular weight is 422 g/mol. The highest BCUT2D eigenvalue weighted by Crippen LogP contribution is 2.26. The third-order valence-electron chi connectivity index (χ3n) is 3.71. The first-order valence-corrected chi connectivity index (χ1v) is 9.30. The van der Waals surface area contributed by atoms with E-state index in [2.05, 4.69) is 10.3 Å². The van der Waals surface area contributed by atoms with Crippen LogP contribution in [0.2, 0.25) is 5.02 Å². The number of rotatable bonds is 8. The lowest BCUT2D eigenvalue weighted by Gasteiger charge is -2.14. The van der Waals surface area contributed by atoms with Gasteiger partial charge in [-0.1, -0.05) is 37.6 Å². The molecular weight excluding hydrogens is 400 g/mol. The molecule has 0 radical (unpaired) electrons. The summed E-state index contributed by atoms with van der Waals surface area (Å²) in [7, 11) is 0. The summed E-state index contributed by atoms with van der Waals surface area (Å²) >= 11 is 6.24. The Balaban J connectivity index is 2.02. The first-order valence-electron chi connectivity index (χ1n) is 8.92. The molecule has 0 saturated carbocycles. The van der Waals surface area contributed by atoms with Crippen molar-refractivity contribution in [3.8, 4) is 5.75 Å². The Morgan fingerprint density at radius 3 is 2.55 bits per heavy atom. The minimum absolute atomic E-state index is 0.208. The molecule has 8 heteroatoms. The van der Waals surface area contributed by atoms with Crippen LogP contribution in [0.4, 0.5) is 8.78 Å². The molecule has 0 bridgehead atoms. The highest BCUT2D eigenvalue weighted by atomic mass is 35.5. The minimum atomic E-state index is -1.10. The van der Waals surface area contributed by atoms with Gasteiger partial charge in [0.15, 0.2) is 0 Å². The van der Waals surface area contributed by atoms with Gasteiger partial charge in [-0.3, -0.25) is 4.79 Å². The molecule has 0 heterocycles. The summed E-state index contributed by atoms with van der Waals surface area (Å²) in [4.78, 5) is 15.4. The fraction of sp³-hybridized carbons (Fsp3) is 0.238. The van der Waals surface area contributed by atoms with Crippen LogP contribution in [-0.2, 0) is 6.54 Å². The van der Waals surface area contributed by atoms with Crippen LogP contribution in [0.1, 0.15) is 29.8 Å². The molecule has 0 aliphatic carbocycles. The van der Waals surface area contributed by atoms with Crippen molar-refractivity contribution in [1.29, 1.82) is 0 Å². The summed E-state index contributed by atoms with van der Waals surface area (Å²) in [6.07, 6.45) is 2.77. The monoisotopic (exact) mass is 421 g/mol. The number of hydrogen-bond donors (Lipinski definition) is 2. The van der Waals surface area contributed by atoms with Gasteiger partial charge in [-0.2, -0.15) is 4.99 Å². The van der Waals surface area contributed by atoms with Crippen molar-refractivity contribution in [1.82, 2.24) is 5.32 Å². The molecule has 1 amide bonds. The maximum Gasteiger partial charge on any atom is 0.284 e. The van der Waals surface area contributed by atoms with E-state index in [0.29, 0.717) is 29.8 Å². The van der Waals surface area contributed by atoms with Gasteiger partial charge < -0.3 is 15.8 Å². The number of hydrogen-bond acceptors (Lipinski definition) is 3. The van der Waals surface area contributed by atoms with E-state index < -0.39 is 23.1 Å². The topological polar surface area (TPSA) is 76.7 Å². The van der Waals surface area contributed by atoms with Crippen LogP contribution in [0.25, 0.3) is 0 Å². The second-order valence-corrected chi connectivity index (χ2v) is 6.98.